The number of nitrogens with zero attached hydrogens (tertiary/aromatic N) is 3. The summed E-state index contributed by atoms with van der Waals surface area (Å²) < 4.78 is 0. The standard InChI is InChI=1S/C14H24N6/c1-19-8-9-20(2)13(11-19)10-16-14(18-15)17-12-6-4-3-5-7-12/h3-7,13H,8-11,15H2,1-2H3,(H2,16,17,18). The van der Waals surface area contributed by atoms with Crippen molar-refractivity contribution in [3.05, 3.63) is 30.3 Å². The normalized spacial score (nSPS) is 21.8. The quantitative estimate of drug-likeness (QED) is 0.318. The Morgan fingerprint density at radius 3 is 2.75 bits per heavy atom. The molecule has 2 rings (SSSR count). The third kappa shape index (κ3) is 4.19. The number of para-hydroxylation sites is 1. The van der Waals surface area contributed by atoms with E-state index in [4.69, 9.17) is 5.84 Å². The Morgan fingerprint density at radius 2 is 2.05 bits per heavy atom. The molecule has 6 nitrogen and oxygen atoms in total. The van der Waals surface area contributed by atoms with Crippen LogP contribution in [0, 0.1) is 0 Å². The Labute approximate surface area is 120 Å². The first-order chi connectivity index (χ1) is 9.69. The summed E-state index contributed by atoms with van der Waals surface area (Å²) in [4.78, 5) is 9.23. The number of likely N-dealkylation sites (N-methyl/N-ethyl adjacent to an activating group) is 2. The molecule has 0 aliphatic carbocycles. The number of rotatable bonds is 3. The van der Waals surface area contributed by atoms with E-state index in [9.17, 15) is 0 Å². The third-order valence-corrected chi connectivity index (χ3v) is 3.61. The molecular formula is C14H24N6. The number of nitrogens with one attached hydrogen (secondary N) is 2. The zero-order chi connectivity index (χ0) is 14.4. The molecule has 0 saturated carbocycles. The number of piperazine rings is 1. The molecule has 1 aliphatic rings. The van der Waals surface area contributed by atoms with Gasteiger partial charge in [-0.15, -0.1) is 0 Å². The topological polar surface area (TPSA) is 68.9 Å². The number of hydrogen-bond acceptors (Lipinski definition) is 4. The second-order valence-electron chi connectivity index (χ2n) is 5.22. The Hall–Kier alpha value is -1.63. The van der Waals surface area contributed by atoms with Crippen molar-refractivity contribution in [1.82, 2.24) is 15.2 Å². The van der Waals surface area contributed by atoms with Crippen LogP contribution in [-0.4, -0.2) is 62.1 Å². The van der Waals surface area contributed by atoms with Crippen molar-refractivity contribution in [3.8, 4) is 0 Å². The lowest BCUT2D eigenvalue weighted by Gasteiger charge is -2.36. The average Bonchev–Trinajstić information content (AvgIpc) is 2.47. The molecule has 0 spiro atoms. The van der Waals surface area contributed by atoms with Gasteiger partial charge in [0, 0.05) is 31.4 Å². The van der Waals surface area contributed by atoms with Gasteiger partial charge in [-0.25, -0.2) is 5.84 Å². The van der Waals surface area contributed by atoms with E-state index in [2.05, 4.69) is 39.6 Å². The van der Waals surface area contributed by atoms with Crippen LogP contribution < -0.4 is 16.6 Å². The van der Waals surface area contributed by atoms with Gasteiger partial charge in [0.2, 0.25) is 5.96 Å². The first-order valence-corrected chi connectivity index (χ1v) is 6.91. The maximum absolute atomic E-state index is 5.53. The van der Waals surface area contributed by atoms with Crippen molar-refractivity contribution in [2.75, 3.05) is 45.6 Å². The highest BCUT2D eigenvalue weighted by Gasteiger charge is 2.21. The van der Waals surface area contributed by atoms with Gasteiger partial charge in [0.1, 0.15) is 0 Å². The van der Waals surface area contributed by atoms with Crippen molar-refractivity contribution < 1.29 is 0 Å². The van der Waals surface area contributed by atoms with Crippen LogP contribution in [0.1, 0.15) is 0 Å². The molecular weight excluding hydrogens is 252 g/mol. The molecule has 1 aromatic rings. The summed E-state index contributed by atoms with van der Waals surface area (Å²) in [6.45, 7) is 3.94. The van der Waals surface area contributed by atoms with Gasteiger partial charge in [-0.05, 0) is 26.2 Å². The Balaban J connectivity index is 1.93. The maximum Gasteiger partial charge on any atom is 0.210 e. The Kier molecular flexibility index (Phi) is 5.34. The van der Waals surface area contributed by atoms with Crippen LogP contribution in [0.3, 0.4) is 0 Å². The molecule has 0 aromatic heterocycles. The summed E-state index contributed by atoms with van der Waals surface area (Å²) in [6.07, 6.45) is 0. The molecule has 1 atom stereocenters. The van der Waals surface area contributed by atoms with E-state index in [1.54, 1.807) is 0 Å². The molecule has 0 bridgehead atoms. The molecule has 1 saturated heterocycles. The molecule has 1 aromatic carbocycles. The molecule has 4 N–H and O–H groups in total. The number of hydrazine groups is 1. The zero-order valence-electron chi connectivity index (χ0n) is 12.2. The Bertz CT molecular complexity index is 433. The minimum Gasteiger partial charge on any atom is -0.325 e. The van der Waals surface area contributed by atoms with Gasteiger partial charge in [-0.2, -0.15) is 0 Å². The fourth-order valence-electron chi connectivity index (χ4n) is 2.27. The van der Waals surface area contributed by atoms with Crippen LogP contribution in [0.4, 0.5) is 5.69 Å². The van der Waals surface area contributed by atoms with E-state index in [0.29, 0.717) is 12.0 Å². The Morgan fingerprint density at radius 1 is 1.30 bits per heavy atom. The highest BCUT2D eigenvalue weighted by atomic mass is 15.3. The van der Waals surface area contributed by atoms with Gasteiger partial charge < -0.3 is 10.2 Å². The van der Waals surface area contributed by atoms with Crippen LogP contribution in [0.15, 0.2) is 35.3 Å². The number of benzene rings is 1. The fourth-order valence-corrected chi connectivity index (χ4v) is 2.27. The monoisotopic (exact) mass is 276 g/mol. The lowest BCUT2D eigenvalue weighted by molar-refractivity contribution is 0.119. The van der Waals surface area contributed by atoms with Crippen molar-refractivity contribution in [1.29, 1.82) is 0 Å². The highest BCUT2D eigenvalue weighted by molar-refractivity contribution is 5.93. The second-order valence-corrected chi connectivity index (χ2v) is 5.22. The minimum atomic E-state index is 0.426. The van der Waals surface area contributed by atoms with Crippen LogP contribution in [0.5, 0.6) is 0 Å². The third-order valence-electron chi connectivity index (χ3n) is 3.61. The first-order valence-electron chi connectivity index (χ1n) is 6.91. The second kappa shape index (κ2) is 7.23. The summed E-state index contributed by atoms with van der Waals surface area (Å²) >= 11 is 0. The minimum absolute atomic E-state index is 0.426. The molecule has 6 heteroatoms. The summed E-state index contributed by atoms with van der Waals surface area (Å²) in [6, 6.07) is 10.3. The summed E-state index contributed by atoms with van der Waals surface area (Å²) in [5, 5.41) is 3.18. The SMILES string of the molecule is CN1CCN(C)C(CN=C(NN)Nc2ccccc2)C1. The van der Waals surface area contributed by atoms with Gasteiger partial charge in [-0.3, -0.25) is 15.3 Å². The summed E-state index contributed by atoms with van der Waals surface area (Å²) in [5.74, 6) is 6.13. The molecule has 0 radical (unpaired) electrons. The van der Waals surface area contributed by atoms with E-state index in [1.807, 2.05) is 30.3 Å². The average molecular weight is 276 g/mol. The number of aliphatic imine (C=N–C) groups is 1. The van der Waals surface area contributed by atoms with Gasteiger partial charge >= 0.3 is 0 Å². The van der Waals surface area contributed by atoms with Gasteiger partial charge in [0.05, 0.1) is 6.54 Å². The van der Waals surface area contributed by atoms with E-state index >= 15 is 0 Å². The molecule has 110 valence electrons. The largest absolute Gasteiger partial charge is 0.325 e. The van der Waals surface area contributed by atoms with Crippen LogP contribution in [0.25, 0.3) is 0 Å². The number of anilines is 1. The van der Waals surface area contributed by atoms with Crippen LogP contribution in [0.2, 0.25) is 0 Å². The molecule has 20 heavy (non-hydrogen) atoms. The molecule has 1 unspecified atom stereocenters. The fraction of sp³-hybridized carbons (Fsp3) is 0.500. The van der Waals surface area contributed by atoms with E-state index in [-0.39, 0.29) is 0 Å². The number of nitrogens with two attached hydrogens (primary N) is 1. The van der Waals surface area contributed by atoms with E-state index in [1.165, 1.54) is 0 Å². The van der Waals surface area contributed by atoms with E-state index < -0.39 is 0 Å². The predicted molar refractivity (Wildman–Crippen MR) is 83.6 cm³/mol. The van der Waals surface area contributed by atoms with Crippen molar-refractivity contribution in [2.45, 2.75) is 6.04 Å². The predicted octanol–water partition coefficient (Wildman–Crippen LogP) is 0.164. The molecule has 1 aliphatic heterocycles. The lowest BCUT2D eigenvalue weighted by atomic mass is 10.2. The van der Waals surface area contributed by atoms with Crippen molar-refractivity contribution >= 4 is 11.6 Å². The zero-order valence-corrected chi connectivity index (χ0v) is 12.2. The molecule has 1 fully saturated rings. The first kappa shape index (κ1) is 14.8. The van der Waals surface area contributed by atoms with Gasteiger partial charge in [-0.1, -0.05) is 18.2 Å². The van der Waals surface area contributed by atoms with Crippen LogP contribution in [-0.2, 0) is 0 Å². The summed E-state index contributed by atoms with van der Waals surface area (Å²) in [7, 11) is 4.29. The maximum atomic E-state index is 5.53. The molecule has 1 heterocycles. The van der Waals surface area contributed by atoms with Gasteiger partial charge in [0.15, 0.2) is 0 Å². The number of guanidine groups is 1. The van der Waals surface area contributed by atoms with Crippen molar-refractivity contribution in [3.63, 3.8) is 0 Å². The summed E-state index contributed by atoms with van der Waals surface area (Å²) in [5.41, 5.74) is 3.59. The van der Waals surface area contributed by atoms with Crippen LogP contribution >= 0.6 is 0 Å². The van der Waals surface area contributed by atoms with Crippen molar-refractivity contribution in [2.24, 2.45) is 10.8 Å². The highest BCUT2D eigenvalue weighted by Crippen LogP contribution is 2.07. The number of hydrogen-bond donors (Lipinski definition) is 3. The van der Waals surface area contributed by atoms with E-state index in [0.717, 1.165) is 31.9 Å². The van der Waals surface area contributed by atoms with Gasteiger partial charge in [0.25, 0.3) is 0 Å². The lowest BCUT2D eigenvalue weighted by Crippen LogP contribution is -2.51. The smallest absolute Gasteiger partial charge is 0.210 e. The molecule has 0 amide bonds.